The maximum atomic E-state index is 14.0. The molecule has 0 saturated carbocycles. The second kappa shape index (κ2) is 9.89. The highest BCUT2D eigenvalue weighted by Crippen LogP contribution is 2.42. The molecule has 0 spiro atoms. The number of halogens is 2. The van der Waals surface area contributed by atoms with Crippen molar-refractivity contribution in [3.63, 3.8) is 0 Å². The summed E-state index contributed by atoms with van der Waals surface area (Å²) in [5.41, 5.74) is 0.954. The Morgan fingerprint density at radius 1 is 1.06 bits per heavy atom. The maximum Gasteiger partial charge on any atom is 0.258 e. The molecule has 2 heterocycles. The molecule has 10 heteroatoms. The fourth-order valence-electron chi connectivity index (χ4n) is 3.74. The van der Waals surface area contributed by atoms with Crippen molar-refractivity contribution in [2.24, 2.45) is 0 Å². The Morgan fingerprint density at radius 3 is 2.63 bits per heavy atom. The lowest BCUT2D eigenvalue weighted by Gasteiger charge is -2.31. The summed E-state index contributed by atoms with van der Waals surface area (Å²) in [5.74, 6) is -0.510. The Kier molecular flexibility index (Phi) is 6.52. The van der Waals surface area contributed by atoms with Crippen molar-refractivity contribution in [2.75, 3.05) is 0 Å². The smallest absolute Gasteiger partial charge is 0.258 e. The molecule has 7 nitrogen and oxygen atoms in total. The third-order valence-electron chi connectivity index (χ3n) is 5.39. The van der Waals surface area contributed by atoms with Gasteiger partial charge in [0.15, 0.2) is 11.0 Å². The Balaban J connectivity index is 1.47. The molecular weight excluding hydrogens is 491 g/mol. The van der Waals surface area contributed by atoms with E-state index in [1.54, 1.807) is 66.7 Å². The first kappa shape index (κ1) is 23.1. The molecule has 1 aliphatic rings. The van der Waals surface area contributed by atoms with Crippen LogP contribution in [0.3, 0.4) is 0 Å². The zero-order valence-corrected chi connectivity index (χ0v) is 19.7. The minimum absolute atomic E-state index is 0.0381. The second-order valence-corrected chi connectivity index (χ2v) is 9.27. The van der Waals surface area contributed by atoms with Crippen LogP contribution in [0.1, 0.15) is 31.8 Å². The van der Waals surface area contributed by atoms with Crippen LogP contribution < -0.4 is 10.1 Å². The number of ether oxygens (including phenoxy) is 1. The zero-order chi connectivity index (χ0) is 24.4. The molecule has 0 saturated heterocycles. The number of nitrogens with one attached hydrogen (secondary N) is 1. The lowest BCUT2D eigenvalue weighted by molar-refractivity contribution is 0.0781. The highest BCUT2D eigenvalue weighted by molar-refractivity contribution is 7.99. The van der Waals surface area contributed by atoms with Crippen molar-refractivity contribution in [2.45, 2.75) is 23.1 Å². The summed E-state index contributed by atoms with van der Waals surface area (Å²) in [6.07, 6.45) is 0. The molecule has 1 aliphatic heterocycles. The van der Waals surface area contributed by atoms with Gasteiger partial charge in [0.1, 0.15) is 24.2 Å². The molecule has 3 aromatic carbocycles. The molecule has 176 valence electrons. The molecule has 1 aromatic heterocycles. The summed E-state index contributed by atoms with van der Waals surface area (Å²) in [6.45, 7) is -0.0381. The van der Waals surface area contributed by atoms with E-state index in [0.717, 1.165) is 0 Å². The van der Waals surface area contributed by atoms with E-state index >= 15 is 0 Å². The average Bonchev–Trinajstić information content (AvgIpc) is 3.28. The Bertz CT molecular complexity index is 1380. The largest absolute Gasteiger partial charge is 0.486 e. The number of nitrogens with zero attached hydrogens (tertiary/aromatic N) is 3. The van der Waals surface area contributed by atoms with Crippen molar-refractivity contribution < 1.29 is 18.7 Å². The molecule has 0 aliphatic carbocycles. The van der Waals surface area contributed by atoms with E-state index in [0.29, 0.717) is 27.1 Å². The van der Waals surface area contributed by atoms with Gasteiger partial charge in [-0.3, -0.25) is 9.59 Å². The van der Waals surface area contributed by atoms with Crippen LogP contribution in [0.15, 0.2) is 84.0 Å². The van der Waals surface area contributed by atoms with Gasteiger partial charge in [-0.2, -0.15) is 0 Å². The highest BCUT2D eigenvalue weighted by Gasteiger charge is 2.41. The molecule has 2 unspecified atom stereocenters. The number of benzene rings is 3. The number of hydrogen-bond acceptors (Lipinski definition) is 6. The topological polar surface area (TPSA) is 86.1 Å². The average molecular weight is 509 g/mol. The number of carbonyl (C=O) groups is 2. The Hall–Kier alpha value is -3.69. The van der Waals surface area contributed by atoms with E-state index in [1.807, 2.05) is 0 Å². The highest BCUT2D eigenvalue weighted by atomic mass is 35.5. The molecule has 1 N–H and O–H groups in total. The van der Waals surface area contributed by atoms with Gasteiger partial charge in [0.05, 0.1) is 5.25 Å². The summed E-state index contributed by atoms with van der Waals surface area (Å²) in [7, 11) is 0. The molecule has 0 fully saturated rings. The van der Waals surface area contributed by atoms with Gasteiger partial charge >= 0.3 is 0 Å². The first-order valence-corrected chi connectivity index (χ1v) is 11.9. The monoisotopic (exact) mass is 508 g/mol. The first-order valence-electron chi connectivity index (χ1n) is 10.6. The number of hydrogen-bond donors (Lipinski definition) is 1. The predicted octanol–water partition coefficient (Wildman–Crippen LogP) is 4.94. The van der Waals surface area contributed by atoms with Crippen LogP contribution in [0.2, 0.25) is 5.02 Å². The number of fused-ring (bicyclic) bond motifs is 1. The van der Waals surface area contributed by atoms with Crippen LogP contribution in [-0.2, 0) is 6.61 Å². The molecule has 35 heavy (non-hydrogen) atoms. The van der Waals surface area contributed by atoms with Crippen LogP contribution in [-0.4, -0.2) is 32.6 Å². The van der Waals surface area contributed by atoms with Crippen molar-refractivity contribution in [1.29, 1.82) is 0 Å². The normalized spacial score (nSPS) is 17.0. The van der Waals surface area contributed by atoms with Gasteiger partial charge in [0.25, 0.3) is 11.8 Å². The predicted molar refractivity (Wildman–Crippen MR) is 129 cm³/mol. The van der Waals surface area contributed by atoms with Crippen molar-refractivity contribution in [1.82, 2.24) is 20.1 Å². The third-order valence-corrected chi connectivity index (χ3v) is 6.89. The van der Waals surface area contributed by atoms with Gasteiger partial charge in [-0.25, -0.2) is 8.96 Å². The molecule has 4 aromatic rings. The number of thioether (sulfide) groups is 1. The van der Waals surface area contributed by atoms with Crippen molar-refractivity contribution in [3.8, 4) is 5.75 Å². The Morgan fingerprint density at radius 2 is 1.86 bits per heavy atom. The van der Waals surface area contributed by atoms with E-state index < -0.39 is 28.9 Å². The van der Waals surface area contributed by atoms with Gasteiger partial charge in [0.2, 0.25) is 0 Å². The number of aromatic nitrogens is 3. The molecular formula is C25H18ClFN4O3S. The molecule has 1 amide bonds. The van der Waals surface area contributed by atoms with Crippen molar-refractivity contribution in [3.05, 3.63) is 107 Å². The molecule has 2 atom stereocenters. The van der Waals surface area contributed by atoms with Gasteiger partial charge in [-0.05, 0) is 48.0 Å². The first-order chi connectivity index (χ1) is 17.0. The lowest BCUT2D eigenvalue weighted by Crippen LogP contribution is -2.49. The van der Waals surface area contributed by atoms with Gasteiger partial charge < -0.3 is 10.1 Å². The number of rotatable bonds is 6. The van der Waals surface area contributed by atoms with Gasteiger partial charge in [0, 0.05) is 10.6 Å². The quantitative estimate of drug-likeness (QED) is 0.397. The summed E-state index contributed by atoms with van der Waals surface area (Å²) in [5, 5.41) is 11.3. The van der Waals surface area contributed by atoms with Crippen LogP contribution in [0.5, 0.6) is 5.75 Å². The summed E-state index contributed by atoms with van der Waals surface area (Å²) in [4.78, 5) is 26.6. The standard InChI is InChI=1S/C25H18ClFN4O3S/c26-17-9-5-11-19(13-17)34-14-20-29-30-25-31(20)24(33)21(28-23(32)15-6-2-1-3-7-15)22(35-25)16-8-4-10-18(27)12-16/h1-13,21-22H,14H2,(H,28,32). The zero-order valence-electron chi connectivity index (χ0n) is 18.1. The van der Waals surface area contributed by atoms with Crippen molar-refractivity contribution >= 4 is 35.2 Å². The fourth-order valence-corrected chi connectivity index (χ4v) is 5.14. The number of carbonyl (C=O) groups excluding carboxylic acids is 2. The maximum absolute atomic E-state index is 14.0. The molecule has 0 radical (unpaired) electrons. The van der Waals surface area contributed by atoms with Crippen LogP contribution in [0.25, 0.3) is 0 Å². The van der Waals surface area contributed by atoms with E-state index in [-0.39, 0.29) is 12.4 Å². The minimum Gasteiger partial charge on any atom is -0.486 e. The third kappa shape index (κ3) is 4.91. The summed E-state index contributed by atoms with van der Waals surface area (Å²) < 4.78 is 21.1. The number of amides is 1. The molecule has 5 rings (SSSR count). The van der Waals surface area contributed by atoms with E-state index in [1.165, 1.54) is 28.5 Å². The van der Waals surface area contributed by atoms with E-state index in [9.17, 15) is 14.0 Å². The van der Waals surface area contributed by atoms with E-state index in [4.69, 9.17) is 16.3 Å². The summed E-state index contributed by atoms with van der Waals surface area (Å²) in [6, 6.07) is 20.4. The minimum atomic E-state index is -0.997. The van der Waals surface area contributed by atoms with E-state index in [2.05, 4.69) is 15.5 Å². The van der Waals surface area contributed by atoms with Crippen LogP contribution >= 0.6 is 23.4 Å². The summed E-state index contributed by atoms with van der Waals surface area (Å²) >= 11 is 7.23. The fraction of sp³-hybridized carbons (Fsp3) is 0.120. The van der Waals surface area contributed by atoms with Gasteiger partial charge in [-0.15, -0.1) is 10.2 Å². The SMILES string of the molecule is O=C(NC1C(=O)n2c(COc3cccc(Cl)c3)nnc2SC1c1cccc(F)c1)c1ccccc1. The molecule has 0 bridgehead atoms. The van der Waals surface area contributed by atoms with Crippen LogP contribution in [0.4, 0.5) is 4.39 Å². The second-order valence-electron chi connectivity index (χ2n) is 7.73. The Labute approximate surface area is 209 Å². The van der Waals surface area contributed by atoms with Gasteiger partial charge in [-0.1, -0.05) is 59.8 Å². The van der Waals surface area contributed by atoms with Crippen LogP contribution in [0, 0.1) is 5.82 Å². The lowest BCUT2D eigenvalue weighted by atomic mass is 10.0.